The Kier molecular flexibility index (Phi) is 2.79. The Morgan fingerprint density at radius 3 is 2.13 bits per heavy atom. The molecule has 0 aliphatic rings. The fourth-order valence-electron chi connectivity index (χ4n) is 1.41. The van der Waals surface area contributed by atoms with Crippen LogP contribution in [0, 0.1) is 0 Å². The molecule has 2 rings (SSSR count). The number of phenolic OH excluding ortho intramolecular Hbond substituents is 1. The number of hydrogen-bond acceptors (Lipinski definition) is 2. The van der Waals surface area contributed by atoms with Crippen molar-refractivity contribution in [2.75, 3.05) is 0 Å². The molecule has 1 nitrogen and oxygen atoms in total. The molecule has 0 spiro atoms. The smallest absolute Gasteiger partial charge is 0.124 e. The first-order valence-electron chi connectivity index (χ1n) is 4.67. The van der Waals surface area contributed by atoms with Gasteiger partial charge in [0.25, 0.3) is 0 Å². The van der Waals surface area contributed by atoms with Crippen molar-refractivity contribution in [1.82, 2.24) is 0 Å². The van der Waals surface area contributed by atoms with Gasteiger partial charge in [0.05, 0.1) is 4.86 Å². The molecular formula is C13H10OS. The highest BCUT2D eigenvalue weighted by Crippen LogP contribution is 2.20. The predicted octanol–water partition coefficient (Wildman–Crippen LogP) is 3.16. The van der Waals surface area contributed by atoms with Crippen molar-refractivity contribution in [2.24, 2.45) is 0 Å². The van der Waals surface area contributed by atoms with E-state index in [4.69, 9.17) is 12.2 Å². The number of para-hydroxylation sites is 1. The van der Waals surface area contributed by atoms with E-state index in [0.29, 0.717) is 10.4 Å². The van der Waals surface area contributed by atoms with Crippen LogP contribution in [0.3, 0.4) is 0 Å². The van der Waals surface area contributed by atoms with E-state index >= 15 is 0 Å². The second kappa shape index (κ2) is 4.24. The van der Waals surface area contributed by atoms with E-state index < -0.39 is 0 Å². The summed E-state index contributed by atoms with van der Waals surface area (Å²) >= 11 is 5.31. The summed E-state index contributed by atoms with van der Waals surface area (Å²) < 4.78 is 0. The Hall–Kier alpha value is -1.67. The second-order valence-electron chi connectivity index (χ2n) is 3.21. The molecular weight excluding hydrogens is 204 g/mol. The summed E-state index contributed by atoms with van der Waals surface area (Å²) in [5.74, 6) is 0.228. The number of rotatable bonds is 2. The summed E-state index contributed by atoms with van der Waals surface area (Å²) in [5.41, 5.74) is 1.66. The van der Waals surface area contributed by atoms with Gasteiger partial charge in [-0.2, -0.15) is 0 Å². The Morgan fingerprint density at radius 1 is 0.867 bits per heavy atom. The molecule has 2 aromatic rings. The maximum atomic E-state index is 9.65. The van der Waals surface area contributed by atoms with Gasteiger partial charge < -0.3 is 5.11 Å². The van der Waals surface area contributed by atoms with Crippen LogP contribution >= 0.6 is 12.2 Å². The third-order valence-corrected chi connectivity index (χ3v) is 2.64. The van der Waals surface area contributed by atoms with Gasteiger partial charge in [0.2, 0.25) is 0 Å². The molecule has 0 saturated carbocycles. The summed E-state index contributed by atoms with van der Waals surface area (Å²) in [6.07, 6.45) is 0. The van der Waals surface area contributed by atoms with Gasteiger partial charge in [-0.1, -0.05) is 54.7 Å². The van der Waals surface area contributed by atoms with Crippen molar-refractivity contribution in [3.05, 3.63) is 65.7 Å². The molecule has 0 amide bonds. The molecule has 15 heavy (non-hydrogen) atoms. The van der Waals surface area contributed by atoms with Crippen LogP contribution in [0.25, 0.3) is 0 Å². The summed E-state index contributed by atoms with van der Waals surface area (Å²) in [4.78, 5) is 0.675. The highest BCUT2D eigenvalue weighted by atomic mass is 32.1. The highest BCUT2D eigenvalue weighted by molar-refractivity contribution is 7.81. The number of benzene rings is 2. The lowest BCUT2D eigenvalue weighted by Crippen LogP contribution is -1.99. The van der Waals surface area contributed by atoms with Crippen LogP contribution < -0.4 is 0 Å². The Labute approximate surface area is 94.0 Å². The molecule has 0 fully saturated rings. The normalized spacial score (nSPS) is 9.87. The van der Waals surface area contributed by atoms with Crippen LogP contribution in [0.2, 0.25) is 0 Å². The largest absolute Gasteiger partial charge is 0.507 e. The minimum absolute atomic E-state index is 0.228. The zero-order valence-corrected chi connectivity index (χ0v) is 8.87. The van der Waals surface area contributed by atoms with Crippen molar-refractivity contribution in [1.29, 1.82) is 0 Å². The Bertz CT molecular complexity index is 477. The van der Waals surface area contributed by atoms with Crippen LogP contribution in [0.5, 0.6) is 5.75 Å². The SMILES string of the molecule is Oc1ccccc1C(=S)c1ccccc1. The van der Waals surface area contributed by atoms with Crippen LogP contribution in [0.1, 0.15) is 11.1 Å². The molecule has 0 unspecified atom stereocenters. The van der Waals surface area contributed by atoms with Gasteiger partial charge >= 0.3 is 0 Å². The van der Waals surface area contributed by atoms with Gasteiger partial charge in [-0.15, -0.1) is 0 Å². The molecule has 2 heteroatoms. The second-order valence-corrected chi connectivity index (χ2v) is 3.62. The maximum absolute atomic E-state index is 9.65. The quantitative estimate of drug-likeness (QED) is 0.612. The topological polar surface area (TPSA) is 20.2 Å². The van der Waals surface area contributed by atoms with Crippen molar-refractivity contribution < 1.29 is 5.11 Å². The minimum atomic E-state index is 0.228. The van der Waals surface area contributed by atoms with Gasteiger partial charge in [0.15, 0.2) is 0 Å². The fraction of sp³-hybridized carbons (Fsp3) is 0. The van der Waals surface area contributed by atoms with Crippen molar-refractivity contribution >= 4 is 17.1 Å². The zero-order valence-electron chi connectivity index (χ0n) is 8.05. The van der Waals surface area contributed by atoms with E-state index in [2.05, 4.69) is 0 Å². The van der Waals surface area contributed by atoms with E-state index in [1.165, 1.54) is 0 Å². The number of hydrogen-bond donors (Lipinski definition) is 1. The first-order chi connectivity index (χ1) is 7.29. The van der Waals surface area contributed by atoms with E-state index in [-0.39, 0.29) is 5.75 Å². The number of aromatic hydroxyl groups is 1. The van der Waals surface area contributed by atoms with Gasteiger partial charge in [-0.3, -0.25) is 0 Å². The van der Waals surface area contributed by atoms with E-state index in [0.717, 1.165) is 5.56 Å². The molecule has 0 aliphatic heterocycles. The fourth-order valence-corrected chi connectivity index (χ4v) is 1.72. The van der Waals surface area contributed by atoms with Crippen LogP contribution in [-0.2, 0) is 0 Å². The average molecular weight is 214 g/mol. The maximum Gasteiger partial charge on any atom is 0.124 e. The van der Waals surface area contributed by atoms with Crippen molar-refractivity contribution in [3.63, 3.8) is 0 Å². The molecule has 0 bridgehead atoms. The molecule has 0 aliphatic carbocycles. The van der Waals surface area contributed by atoms with Crippen LogP contribution in [0.15, 0.2) is 54.6 Å². The van der Waals surface area contributed by atoms with Gasteiger partial charge in [0.1, 0.15) is 5.75 Å². The molecule has 0 atom stereocenters. The van der Waals surface area contributed by atoms with Gasteiger partial charge in [-0.25, -0.2) is 0 Å². The zero-order chi connectivity index (χ0) is 10.7. The van der Waals surface area contributed by atoms with Gasteiger partial charge in [0, 0.05) is 5.56 Å². The Morgan fingerprint density at radius 2 is 1.47 bits per heavy atom. The lowest BCUT2D eigenvalue weighted by atomic mass is 10.0. The summed E-state index contributed by atoms with van der Waals surface area (Å²) in [7, 11) is 0. The average Bonchev–Trinajstić information content (AvgIpc) is 2.30. The van der Waals surface area contributed by atoms with Crippen molar-refractivity contribution in [3.8, 4) is 5.75 Å². The predicted molar refractivity (Wildman–Crippen MR) is 65.4 cm³/mol. The first kappa shape index (κ1) is 9.87. The molecule has 0 aromatic heterocycles. The Balaban J connectivity index is 2.42. The molecule has 0 saturated heterocycles. The van der Waals surface area contributed by atoms with Crippen LogP contribution in [-0.4, -0.2) is 9.97 Å². The first-order valence-corrected chi connectivity index (χ1v) is 5.07. The highest BCUT2D eigenvalue weighted by Gasteiger charge is 2.07. The third-order valence-electron chi connectivity index (χ3n) is 2.18. The minimum Gasteiger partial charge on any atom is -0.507 e. The molecule has 0 radical (unpaired) electrons. The molecule has 74 valence electrons. The third kappa shape index (κ3) is 2.05. The van der Waals surface area contributed by atoms with E-state index in [1.54, 1.807) is 12.1 Å². The van der Waals surface area contributed by atoms with Crippen molar-refractivity contribution in [2.45, 2.75) is 0 Å². The summed E-state index contributed by atoms with van der Waals surface area (Å²) in [6.45, 7) is 0. The monoisotopic (exact) mass is 214 g/mol. The standard InChI is InChI=1S/C13H10OS/c14-12-9-5-4-8-11(12)13(15)10-6-2-1-3-7-10/h1-9,14H. The molecule has 1 N–H and O–H groups in total. The lowest BCUT2D eigenvalue weighted by Gasteiger charge is -2.05. The summed E-state index contributed by atoms with van der Waals surface area (Å²) in [6, 6.07) is 16.8. The molecule has 0 heterocycles. The summed E-state index contributed by atoms with van der Waals surface area (Å²) in [5, 5.41) is 9.65. The number of thiocarbonyl (C=S) groups is 1. The van der Waals surface area contributed by atoms with E-state index in [9.17, 15) is 5.11 Å². The number of phenols is 1. The van der Waals surface area contributed by atoms with Crippen LogP contribution in [0.4, 0.5) is 0 Å². The van der Waals surface area contributed by atoms with E-state index in [1.807, 2.05) is 42.5 Å². The lowest BCUT2D eigenvalue weighted by molar-refractivity contribution is 0.474. The molecule has 2 aromatic carbocycles. The van der Waals surface area contributed by atoms with Gasteiger partial charge in [-0.05, 0) is 17.7 Å².